The normalized spacial score (nSPS) is 13.2. The number of hydrogen-bond acceptors (Lipinski definition) is 2. The van der Waals surface area contributed by atoms with Gasteiger partial charge in [-0.3, -0.25) is 0 Å². The second-order valence-corrected chi connectivity index (χ2v) is 16.1. The maximum atomic E-state index is 10.0. The average Bonchev–Trinajstić information content (AvgIpc) is 3.80. The maximum Gasteiger partial charge on any atom is 0.116 e. The van der Waals surface area contributed by atoms with E-state index in [9.17, 15) is 10.2 Å². The van der Waals surface area contributed by atoms with Gasteiger partial charge in [0.25, 0.3) is 0 Å². The van der Waals surface area contributed by atoms with Crippen molar-refractivity contribution in [3.8, 4) is 33.8 Å². The number of aromatic hydroxyl groups is 2. The highest BCUT2D eigenvalue weighted by Gasteiger charge is 2.46. The molecule has 12 rings (SSSR count). The van der Waals surface area contributed by atoms with Crippen molar-refractivity contribution < 1.29 is 10.2 Å². The van der Waals surface area contributed by atoms with E-state index in [0.29, 0.717) is 0 Å². The predicted molar refractivity (Wildman–Crippen MR) is 266 cm³/mol. The van der Waals surface area contributed by atoms with Crippen LogP contribution in [0.15, 0.2) is 212 Å². The second-order valence-electron chi connectivity index (χ2n) is 16.1. The molecule has 0 amide bonds. The van der Waals surface area contributed by atoms with E-state index in [1.165, 1.54) is 72.0 Å². The zero-order chi connectivity index (χ0) is 43.7. The summed E-state index contributed by atoms with van der Waals surface area (Å²) in [6.45, 7) is 10.4. The molecule has 2 aliphatic carbocycles. The quantitative estimate of drug-likeness (QED) is 0.186. The molecule has 63 heavy (non-hydrogen) atoms. The summed E-state index contributed by atoms with van der Waals surface area (Å²) >= 11 is 0. The summed E-state index contributed by atoms with van der Waals surface area (Å²) in [5, 5.41) is 26.8. The average molecular weight is 817 g/mol. The lowest BCUT2D eigenvalue weighted by Gasteiger charge is -2.34. The fourth-order valence-electron chi connectivity index (χ4n) is 10.2. The Labute approximate surface area is 371 Å². The summed E-state index contributed by atoms with van der Waals surface area (Å²) < 4.78 is 0. The second kappa shape index (κ2) is 16.8. The first-order valence-corrected chi connectivity index (χ1v) is 22.3. The van der Waals surface area contributed by atoms with Gasteiger partial charge in [-0.1, -0.05) is 198 Å². The molecule has 0 saturated heterocycles. The van der Waals surface area contributed by atoms with E-state index in [1.807, 2.05) is 52.0 Å². The van der Waals surface area contributed by atoms with Crippen molar-refractivity contribution >= 4 is 32.3 Å². The highest BCUT2D eigenvalue weighted by molar-refractivity contribution is 5.92. The molecule has 0 spiro atoms. The molecule has 2 aliphatic rings. The summed E-state index contributed by atoms with van der Waals surface area (Å²) in [4.78, 5) is 0. The van der Waals surface area contributed by atoms with Crippen molar-refractivity contribution in [3.05, 3.63) is 251 Å². The number of benzene rings is 10. The van der Waals surface area contributed by atoms with Crippen molar-refractivity contribution in [2.45, 2.75) is 45.4 Å². The van der Waals surface area contributed by atoms with Crippen LogP contribution in [0.25, 0.3) is 54.6 Å². The Balaban J connectivity index is 0.000000157. The van der Waals surface area contributed by atoms with Crippen LogP contribution in [0, 0.1) is 0 Å². The summed E-state index contributed by atoms with van der Waals surface area (Å²) in [6.07, 6.45) is 0. The Morgan fingerprint density at radius 1 is 0.286 bits per heavy atom. The molecular formula is C61H52O2. The van der Waals surface area contributed by atoms with Crippen LogP contribution < -0.4 is 0 Å². The first-order chi connectivity index (χ1) is 30.9. The number of phenolic OH excluding ortho intramolecular Hbond substituents is 2. The van der Waals surface area contributed by atoms with Crippen molar-refractivity contribution in [2.24, 2.45) is 0 Å². The van der Waals surface area contributed by atoms with Crippen LogP contribution in [0.2, 0.25) is 0 Å². The lowest BCUT2D eigenvalue weighted by Crippen LogP contribution is -2.28. The Morgan fingerprint density at radius 3 is 1.06 bits per heavy atom. The van der Waals surface area contributed by atoms with Crippen LogP contribution in [0.1, 0.15) is 73.6 Å². The minimum atomic E-state index is -0.495. The van der Waals surface area contributed by atoms with Gasteiger partial charge < -0.3 is 10.2 Å². The van der Waals surface area contributed by atoms with Gasteiger partial charge in [0.2, 0.25) is 0 Å². The fourth-order valence-corrected chi connectivity index (χ4v) is 10.2. The van der Waals surface area contributed by atoms with E-state index in [4.69, 9.17) is 0 Å². The van der Waals surface area contributed by atoms with Crippen LogP contribution in [0.3, 0.4) is 0 Å². The third kappa shape index (κ3) is 6.65. The Morgan fingerprint density at radius 2 is 0.587 bits per heavy atom. The molecule has 10 aromatic rings. The molecule has 308 valence electrons. The lowest BCUT2D eigenvalue weighted by atomic mass is 9.67. The summed E-state index contributed by atoms with van der Waals surface area (Å²) in [5.41, 5.74) is 13.7. The summed E-state index contributed by atoms with van der Waals surface area (Å²) in [5.74, 6) is 0.545. The smallest absolute Gasteiger partial charge is 0.116 e. The van der Waals surface area contributed by atoms with Crippen LogP contribution in [0.4, 0.5) is 0 Å². The number of rotatable bonds is 3. The summed E-state index contributed by atoms with van der Waals surface area (Å²) in [6, 6.07) is 74.8. The van der Waals surface area contributed by atoms with Gasteiger partial charge in [-0.25, -0.2) is 0 Å². The third-order valence-electron chi connectivity index (χ3n) is 13.0. The minimum Gasteiger partial charge on any atom is -0.508 e. The van der Waals surface area contributed by atoms with E-state index in [0.717, 1.165) is 21.5 Å². The fraction of sp³-hybridized carbons (Fsp3) is 0.115. The third-order valence-corrected chi connectivity index (χ3v) is 13.0. The summed E-state index contributed by atoms with van der Waals surface area (Å²) in [7, 11) is 0. The molecule has 0 fully saturated rings. The van der Waals surface area contributed by atoms with Gasteiger partial charge in [0, 0.05) is 5.41 Å². The first kappa shape index (κ1) is 41.0. The lowest BCUT2D eigenvalue weighted by molar-refractivity contribution is 0.475. The SMILES string of the molecule is CC.CC.CC1(c2ccc3ccccc3c2)c2ccccc2-c2ccccc21.Oc1ccc2cc(C3(c4ccc5cc(O)ccc5c4)c4ccccc4-c4ccccc43)ccc2c1. The van der Waals surface area contributed by atoms with Crippen molar-refractivity contribution in [1.29, 1.82) is 0 Å². The molecule has 0 unspecified atom stereocenters. The molecule has 0 aliphatic heterocycles. The standard InChI is InChI=1S/C33H22O2.C24H18.2C2H6/c34-27-15-11-21-17-25(13-9-23(21)19-27)33(26-14-10-24-20-28(35)16-12-22(24)18-26)31-7-3-1-5-29(31)30-6-2-4-8-32(30)33;1-24(19-15-14-17-8-2-3-9-18(17)16-19)22-12-6-4-10-20(22)21-11-5-7-13-23(21)24;2*1-2/h1-20,34-35H;2-16H,1H3;2*1-2H3. The van der Waals surface area contributed by atoms with E-state index in [1.54, 1.807) is 12.1 Å². The molecule has 0 aromatic heterocycles. The highest BCUT2D eigenvalue weighted by atomic mass is 16.3. The van der Waals surface area contributed by atoms with Gasteiger partial charge in [-0.05, 0) is 143 Å². The van der Waals surface area contributed by atoms with Gasteiger partial charge in [0.15, 0.2) is 0 Å². The molecular weight excluding hydrogens is 765 g/mol. The van der Waals surface area contributed by atoms with Crippen LogP contribution in [0.5, 0.6) is 11.5 Å². The zero-order valence-electron chi connectivity index (χ0n) is 36.6. The molecule has 2 N–H and O–H groups in total. The van der Waals surface area contributed by atoms with Crippen molar-refractivity contribution in [2.75, 3.05) is 0 Å². The van der Waals surface area contributed by atoms with E-state index in [2.05, 4.69) is 183 Å². The maximum absolute atomic E-state index is 10.0. The largest absolute Gasteiger partial charge is 0.508 e. The van der Waals surface area contributed by atoms with Gasteiger partial charge in [-0.2, -0.15) is 0 Å². The number of phenols is 2. The van der Waals surface area contributed by atoms with Crippen molar-refractivity contribution in [3.63, 3.8) is 0 Å². The minimum absolute atomic E-state index is 0.1000. The predicted octanol–water partition coefficient (Wildman–Crippen LogP) is 16.0. The molecule has 2 nitrogen and oxygen atoms in total. The molecule has 0 saturated carbocycles. The molecule has 0 atom stereocenters. The Kier molecular flexibility index (Phi) is 10.9. The van der Waals surface area contributed by atoms with Crippen LogP contribution in [-0.2, 0) is 10.8 Å². The van der Waals surface area contributed by atoms with E-state index < -0.39 is 5.41 Å². The zero-order valence-corrected chi connectivity index (χ0v) is 36.6. The van der Waals surface area contributed by atoms with Gasteiger partial charge in [-0.15, -0.1) is 0 Å². The molecule has 2 heteroatoms. The molecule has 0 radical (unpaired) electrons. The topological polar surface area (TPSA) is 40.5 Å². The van der Waals surface area contributed by atoms with Gasteiger partial charge >= 0.3 is 0 Å². The Hall–Kier alpha value is -7.42. The number of fused-ring (bicyclic) bond motifs is 9. The van der Waals surface area contributed by atoms with Gasteiger partial charge in [0.05, 0.1) is 5.41 Å². The highest BCUT2D eigenvalue weighted by Crippen LogP contribution is 2.57. The number of hydrogen-bond donors (Lipinski definition) is 2. The van der Waals surface area contributed by atoms with E-state index in [-0.39, 0.29) is 16.9 Å². The van der Waals surface area contributed by atoms with Gasteiger partial charge in [0.1, 0.15) is 11.5 Å². The Bertz CT molecular complexity index is 3100. The molecule has 0 bridgehead atoms. The van der Waals surface area contributed by atoms with E-state index >= 15 is 0 Å². The molecule has 0 heterocycles. The monoisotopic (exact) mass is 816 g/mol. The van der Waals surface area contributed by atoms with Crippen LogP contribution >= 0.6 is 0 Å². The molecule has 10 aromatic carbocycles. The van der Waals surface area contributed by atoms with Crippen LogP contribution in [-0.4, -0.2) is 10.2 Å². The first-order valence-electron chi connectivity index (χ1n) is 22.3. The van der Waals surface area contributed by atoms with Crippen molar-refractivity contribution in [1.82, 2.24) is 0 Å².